The van der Waals surface area contributed by atoms with E-state index in [-0.39, 0.29) is 35.8 Å². The second-order valence-electron chi connectivity index (χ2n) is 11.3. The van der Waals surface area contributed by atoms with E-state index < -0.39 is 0 Å². The lowest BCUT2D eigenvalue weighted by Gasteiger charge is -2.56. The van der Waals surface area contributed by atoms with E-state index in [2.05, 4.69) is 32.9 Å². The van der Waals surface area contributed by atoms with Crippen molar-refractivity contribution in [1.82, 2.24) is 0 Å². The molecule has 4 heteroatoms. The van der Waals surface area contributed by atoms with Crippen molar-refractivity contribution in [3.05, 3.63) is 23.8 Å². The normalized spacial score (nSPS) is 52.6. The Labute approximate surface area is 180 Å². The van der Waals surface area contributed by atoms with Crippen molar-refractivity contribution in [2.24, 2.45) is 34.5 Å². The van der Waals surface area contributed by atoms with Gasteiger partial charge in [-0.1, -0.05) is 26.0 Å². The van der Waals surface area contributed by atoms with E-state index in [0.717, 1.165) is 13.0 Å². The van der Waals surface area contributed by atoms with E-state index in [1.165, 1.54) is 44.1 Å². The zero-order valence-corrected chi connectivity index (χ0v) is 18.6. The van der Waals surface area contributed by atoms with Gasteiger partial charge in [-0.05, 0) is 92.6 Å². The van der Waals surface area contributed by atoms with Crippen LogP contribution in [0.2, 0.25) is 0 Å². The van der Waals surface area contributed by atoms with Crippen molar-refractivity contribution in [3.63, 3.8) is 0 Å². The lowest BCUT2D eigenvalue weighted by atomic mass is 9.48. The van der Waals surface area contributed by atoms with E-state index in [1.54, 1.807) is 0 Å². The van der Waals surface area contributed by atoms with Crippen LogP contribution >= 0.6 is 0 Å². The average molecular weight is 413 g/mol. The standard InChI is InChI=1S/C26H36O4/c1-15(29-22-6-4-5-13-28-22)18-9-10-19-17-8-7-16-14-21(27)23-24(30-23)26(16,3)20(17)11-12-25(18,19)2/h7-8,14-15,17-20,22-24H,4-6,9-13H2,1-3H3/t15?,17-,18+,19-,20-,22?,23?,24?,25+,26-/m0/s1. The maximum atomic E-state index is 12.2. The summed E-state index contributed by atoms with van der Waals surface area (Å²) < 4.78 is 18.3. The van der Waals surface area contributed by atoms with Crippen molar-refractivity contribution in [3.8, 4) is 0 Å². The monoisotopic (exact) mass is 412 g/mol. The third-order valence-electron chi connectivity index (χ3n) is 10.0. The van der Waals surface area contributed by atoms with Crippen LogP contribution in [0.4, 0.5) is 0 Å². The van der Waals surface area contributed by atoms with E-state index in [0.29, 0.717) is 29.1 Å². The number of ketones is 1. The second kappa shape index (κ2) is 6.76. The molecule has 0 amide bonds. The minimum atomic E-state index is -0.167. The fraction of sp³-hybridized carbons (Fsp3) is 0.808. The Morgan fingerprint density at radius 3 is 2.80 bits per heavy atom. The number of carbonyl (C=O) groups is 1. The molecule has 4 aliphatic carbocycles. The molecule has 10 atom stereocenters. The zero-order valence-electron chi connectivity index (χ0n) is 18.6. The van der Waals surface area contributed by atoms with Gasteiger partial charge in [-0.25, -0.2) is 0 Å². The Morgan fingerprint density at radius 1 is 1.13 bits per heavy atom. The summed E-state index contributed by atoms with van der Waals surface area (Å²) in [4.78, 5) is 12.2. The fourth-order valence-corrected chi connectivity index (χ4v) is 8.33. The Hall–Kier alpha value is -0.970. The van der Waals surface area contributed by atoms with Crippen LogP contribution in [0.3, 0.4) is 0 Å². The van der Waals surface area contributed by atoms with Gasteiger partial charge >= 0.3 is 0 Å². The number of rotatable bonds is 3. The second-order valence-corrected chi connectivity index (χ2v) is 11.3. The molecule has 0 spiro atoms. The molecular weight excluding hydrogens is 376 g/mol. The fourth-order valence-electron chi connectivity index (χ4n) is 8.33. The van der Waals surface area contributed by atoms with Gasteiger partial charge in [0.1, 0.15) is 12.2 Å². The summed E-state index contributed by atoms with van der Waals surface area (Å²) in [6.07, 6.45) is 15.2. The summed E-state index contributed by atoms with van der Waals surface area (Å²) in [7, 11) is 0. The molecule has 4 fully saturated rings. The Balaban J connectivity index is 1.25. The summed E-state index contributed by atoms with van der Waals surface area (Å²) in [5.41, 5.74) is 1.55. The van der Waals surface area contributed by atoms with Gasteiger partial charge in [0.2, 0.25) is 0 Å². The van der Waals surface area contributed by atoms with Crippen molar-refractivity contribution in [2.45, 2.75) is 90.3 Å². The van der Waals surface area contributed by atoms with Crippen LogP contribution in [0, 0.1) is 34.5 Å². The minimum Gasteiger partial charge on any atom is -0.360 e. The highest BCUT2D eigenvalue weighted by atomic mass is 16.7. The number of epoxide rings is 1. The van der Waals surface area contributed by atoms with Crippen LogP contribution in [-0.2, 0) is 19.0 Å². The third-order valence-corrected chi connectivity index (χ3v) is 10.0. The van der Waals surface area contributed by atoms with Crippen LogP contribution < -0.4 is 0 Å². The van der Waals surface area contributed by atoms with Crippen LogP contribution in [0.25, 0.3) is 0 Å². The Bertz CT molecular complexity index is 795. The first kappa shape index (κ1) is 19.7. The van der Waals surface area contributed by atoms with Crippen LogP contribution in [0.15, 0.2) is 23.8 Å². The molecule has 30 heavy (non-hydrogen) atoms. The lowest BCUT2D eigenvalue weighted by molar-refractivity contribution is -0.204. The molecule has 0 aromatic carbocycles. The average Bonchev–Trinajstić information content (AvgIpc) is 3.47. The summed E-state index contributed by atoms with van der Waals surface area (Å²) in [5.74, 6) is 2.65. The molecule has 164 valence electrons. The first-order valence-electron chi connectivity index (χ1n) is 12.3. The van der Waals surface area contributed by atoms with Gasteiger partial charge in [-0.2, -0.15) is 0 Å². The molecule has 0 aromatic rings. The van der Waals surface area contributed by atoms with Gasteiger partial charge in [0.05, 0.1) is 6.10 Å². The topological polar surface area (TPSA) is 48.1 Å². The molecule has 0 bridgehead atoms. The van der Waals surface area contributed by atoms with Crippen molar-refractivity contribution in [1.29, 1.82) is 0 Å². The maximum absolute atomic E-state index is 12.2. The van der Waals surface area contributed by atoms with Gasteiger partial charge in [-0.3, -0.25) is 4.79 Å². The number of ether oxygens (including phenoxy) is 3. The van der Waals surface area contributed by atoms with E-state index in [4.69, 9.17) is 14.2 Å². The van der Waals surface area contributed by atoms with Gasteiger partial charge in [0.25, 0.3) is 0 Å². The molecule has 2 heterocycles. The first-order chi connectivity index (χ1) is 14.4. The molecule has 2 saturated carbocycles. The largest absolute Gasteiger partial charge is 0.360 e. The molecule has 4 unspecified atom stereocenters. The number of hydrogen-bond donors (Lipinski definition) is 0. The van der Waals surface area contributed by atoms with Gasteiger partial charge < -0.3 is 14.2 Å². The molecule has 4 nitrogen and oxygen atoms in total. The molecule has 0 N–H and O–H groups in total. The van der Waals surface area contributed by atoms with Gasteiger partial charge in [-0.15, -0.1) is 0 Å². The summed E-state index contributed by atoms with van der Waals surface area (Å²) in [5, 5.41) is 0. The predicted molar refractivity (Wildman–Crippen MR) is 114 cm³/mol. The molecular formula is C26H36O4. The number of allylic oxidation sites excluding steroid dienone is 2. The summed E-state index contributed by atoms with van der Waals surface area (Å²) in [6.45, 7) is 8.04. The van der Waals surface area contributed by atoms with Crippen molar-refractivity contribution >= 4 is 5.78 Å². The highest BCUT2D eigenvalue weighted by Crippen LogP contribution is 2.67. The number of fused-ring (bicyclic) bond motifs is 7. The van der Waals surface area contributed by atoms with Crippen molar-refractivity contribution < 1.29 is 19.0 Å². The van der Waals surface area contributed by atoms with Crippen molar-refractivity contribution in [2.75, 3.05) is 6.61 Å². The molecule has 0 aromatic heterocycles. The smallest absolute Gasteiger partial charge is 0.187 e. The molecule has 6 aliphatic rings. The predicted octanol–water partition coefficient (Wildman–Crippen LogP) is 4.83. The van der Waals surface area contributed by atoms with E-state index in [9.17, 15) is 4.79 Å². The zero-order chi connectivity index (χ0) is 20.7. The number of hydrogen-bond acceptors (Lipinski definition) is 4. The quantitative estimate of drug-likeness (QED) is 0.623. The Kier molecular flexibility index (Phi) is 4.44. The van der Waals surface area contributed by atoms with Crippen LogP contribution in [-0.4, -0.2) is 37.0 Å². The maximum Gasteiger partial charge on any atom is 0.187 e. The molecule has 0 radical (unpaired) electrons. The lowest BCUT2D eigenvalue weighted by Crippen LogP contribution is -2.52. The van der Waals surface area contributed by atoms with Crippen LogP contribution in [0.5, 0.6) is 0 Å². The van der Waals surface area contributed by atoms with E-state index >= 15 is 0 Å². The van der Waals surface area contributed by atoms with Gasteiger partial charge in [0, 0.05) is 12.0 Å². The highest BCUT2D eigenvalue weighted by molar-refractivity contribution is 5.98. The highest BCUT2D eigenvalue weighted by Gasteiger charge is 2.66. The number of carbonyl (C=O) groups excluding carboxylic acids is 1. The Morgan fingerprint density at radius 2 is 2.00 bits per heavy atom. The minimum absolute atomic E-state index is 0.00218. The SMILES string of the molecule is CC(OC1CCCCO1)[C@H]1CC[C@H]2[C@@H]3C=CC4=CC(=O)C5OC5[C@]4(C)[C@H]3CC[C@]12C. The van der Waals surface area contributed by atoms with Crippen LogP contribution in [0.1, 0.15) is 65.7 Å². The van der Waals surface area contributed by atoms with Gasteiger partial charge in [0.15, 0.2) is 12.1 Å². The first-order valence-corrected chi connectivity index (χ1v) is 12.3. The molecule has 2 saturated heterocycles. The summed E-state index contributed by atoms with van der Waals surface area (Å²) in [6, 6.07) is 0. The third kappa shape index (κ3) is 2.66. The summed E-state index contributed by atoms with van der Waals surface area (Å²) >= 11 is 0. The molecule has 2 aliphatic heterocycles. The molecule has 6 rings (SSSR count). The van der Waals surface area contributed by atoms with E-state index in [1.807, 2.05) is 6.08 Å².